The molecule has 0 amide bonds. The fourth-order valence-electron chi connectivity index (χ4n) is 2.88. The summed E-state index contributed by atoms with van der Waals surface area (Å²) in [5.41, 5.74) is 5.54. The van der Waals surface area contributed by atoms with Gasteiger partial charge < -0.3 is 10.1 Å². The second-order valence-corrected chi connectivity index (χ2v) is 9.61. The molecule has 0 saturated heterocycles. The first-order valence-corrected chi connectivity index (χ1v) is 12.0. The normalized spacial score (nSPS) is 11.1. The van der Waals surface area contributed by atoms with Crippen LogP contribution in [0, 0.1) is 27.4 Å². The molecular formula is C22H28ClN3O4S. The number of anilines is 1. The van der Waals surface area contributed by atoms with Gasteiger partial charge in [0.1, 0.15) is 5.75 Å². The van der Waals surface area contributed by atoms with Gasteiger partial charge in [-0.2, -0.15) is 10.2 Å². The standard InChI is InChI=1S/C21H28ClN3O3S.CO/c1-15-12-17(3)21(28-4)14-20(15)25-24-19-7-6-18(13-16(19)2)23-9-5-10-29(26,27)11-8-22;1-2/h6-7,12-14,23H,5,8-11H2,1-4H3;. The van der Waals surface area contributed by atoms with Crippen molar-refractivity contribution in [3.05, 3.63) is 53.7 Å². The molecule has 31 heavy (non-hydrogen) atoms. The quantitative estimate of drug-likeness (QED) is 0.165. The molecule has 9 heteroatoms. The molecule has 0 bridgehead atoms. The number of azo groups is 1. The molecular weight excluding hydrogens is 438 g/mol. The van der Waals surface area contributed by atoms with Crippen LogP contribution in [0.2, 0.25) is 0 Å². The van der Waals surface area contributed by atoms with Crippen LogP contribution in [0.1, 0.15) is 23.1 Å². The van der Waals surface area contributed by atoms with E-state index in [1.54, 1.807) is 7.11 Å². The van der Waals surface area contributed by atoms with E-state index in [9.17, 15) is 8.42 Å². The first-order chi connectivity index (χ1) is 14.8. The van der Waals surface area contributed by atoms with Crippen molar-refractivity contribution in [2.24, 2.45) is 10.2 Å². The van der Waals surface area contributed by atoms with Crippen molar-refractivity contribution in [3.8, 4) is 5.75 Å². The summed E-state index contributed by atoms with van der Waals surface area (Å²) in [6.07, 6.45) is 0.536. The van der Waals surface area contributed by atoms with Gasteiger partial charge in [-0.3, -0.25) is 0 Å². The molecule has 0 aliphatic heterocycles. The number of alkyl halides is 1. The average molecular weight is 466 g/mol. The van der Waals surface area contributed by atoms with Gasteiger partial charge in [-0.25, -0.2) is 8.42 Å². The summed E-state index contributed by atoms with van der Waals surface area (Å²) >= 11 is 5.50. The van der Waals surface area contributed by atoms with Crippen LogP contribution < -0.4 is 10.1 Å². The second-order valence-electron chi connectivity index (χ2n) is 6.93. The number of benzene rings is 2. The van der Waals surface area contributed by atoms with Crippen LogP contribution in [0.5, 0.6) is 5.75 Å². The first kappa shape index (κ1) is 26.7. The van der Waals surface area contributed by atoms with Gasteiger partial charge in [0.05, 0.1) is 30.0 Å². The van der Waals surface area contributed by atoms with Gasteiger partial charge in [-0.1, -0.05) is 6.07 Å². The van der Waals surface area contributed by atoms with Crippen LogP contribution >= 0.6 is 11.6 Å². The Balaban J connectivity index is 0.00000233. The molecule has 0 saturated carbocycles. The number of halogens is 1. The van der Waals surface area contributed by atoms with Gasteiger partial charge in [0.25, 0.3) is 0 Å². The molecule has 0 fully saturated rings. The van der Waals surface area contributed by atoms with Crippen LogP contribution in [0.3, 0.4) is 0 Å². The number of hydrogen-bond acceptors (Lipinski definition) is 6. The SMILES string of the molecule is COc1cc(N=Nc2ccc(NCCCS(=O)(=O)CCCl)cc2C)c(C)cc1C.[C-]#[O+]. The molecule has 7 nitrogen and oxygen atoms in total. The number of nitrogens with one attached hydrogen (secondary N) is 1. The zero-order valence-corrected chi connectivity index (χ0v) is 19.8. The molecule has 0 spiro atoms. The van der Waals surface area contributed by atoms with Crippen molar-refractivity contribution in [3.63, 3.8) is 0 Å². The van der Waals surface area contributed by atoms with Crippen molar-refractivity contribution >= 4 is 38.5 Å². The van der Waals surface area contributed by atoms with Crippen molar-refractivity contribution in [1.29, 1.82) is 0 Å². The van der Waals surface area contributed by atoms with Crippen molar-refractivity contribution < 1.29 is 17.8 Å². The van der Waals surface area contributed by atoms with Crippen LogP contribution in [-0.4, -0.2) is 39.5 Å². The summed E-state index contributed by atoms with van der Waals surface area (Å²) in [6, 6.07) is 9.70. The van der Waals surface area contributed by atoms with Crippen LogP contribution in [0.25, 0.3) is 0 Å². The van der Waals surface area contributed by atoms with Crippen molar-refractivity contribution in [2.45, 2.75) is 27.2 Å². The molecule has 0 unspecified atom stereocenters. The molecule has 0 aliphatic rings. The van der Waals surface area contributed by atoms with Crippen LogP contribution in [0.4, 0.5) is 17.1 Å². The van der Waals surface area contributed by atoms with E-state index >= 15 is 0 Å². The summed E-state index contributed by atoms with van der Waals surface area (Å²) in [4.78, 5) is 0. The van der Waals surface area contributed by atoms with E-state index in [0.717, 1.165) is 39.5 Å². The maximum atomic E-state index is 11.7. The third-order valence-electron chi connectivity index (χ3n) is 4.53. The Hall–Kier alpha value is -2.38. The van der Waals surface area contributed by atoms with Gasteiger partial charge in [0.15, 0.2) is 9.84 Å². The van der Waals surface area contributed by atoms with Gasteiger partial charge in [-0.05, 0) is 62.1 Å². The van der Waals surface area contributed by atoms with E-state index in [1.165, 1.54) is 0 Å². The zero-order valence-electron chi connectivity index (χ0n) is 18.2. The van der Waals surface area contributed by atoms with Gasteiger partial charge in [-0.15, -0.1) is 11.6 Å². The Bertz CT molecular complexity index is 1020. The predicted octanol–water partition coefficient (Wildman–Crippen LogP) is 5.45. The van der Waals surface area contributed by atoms with E-state index in [0.29, 0.717) is 13.0 Å². The first-order valence-electron chi connectivity index (χ1n) is 9.64. The fourth-order valence-corrected chi connectivity index (χ4v) is 4.61. The van der Waals surface area contributed by atoms with Crippen LogP contribution in [0.15, 0.2) is 40.6 Å². The number of nitrogens with zero attached hydrogens (tertiary/aromatic N) is 2. The number of methoxy groups -OCH3 is 1. The average Bonchev–Trinajstić information content (AvgIpc) is 2.73. The van der Waals surface area contributed by atoms with E-state index in [-0.39, 0.29) is 17.4 Å². The number of hydrogen-bond donors (Lipinski definition) is 1. The van der Waals surface area contributed by atoms with Crippen molar-refractivity contribution in [2.75, 3.05) is 36.4 Å². The summed E-state index contributed by atoms with van der Waals surface area (Å²) in [7, 11) is -1.41. The number of sulfone groups is 1. The molecule has 168 valence electrons. The Kier molecular flexibility index (Phi) is 11.3. The number of rotatable bonds is 10. The summed E-state index contributed by atoms with van der Waals surface area (Å²) < 4.78 is 36.2. The molecule has 1 N–H and O–H groups in total. The number of ether oxygens (including phenoxy) is 1. The summed E-state index contributed by atoms with van der Waals surface area (Å²) in [5.74, 6) is 1.09. The minimum absolute atomic E-state index is 0.0275. The van der Waals surface area contributed by atoms with E-state index < -0.39 is 9.84 Å². The third-order valence-corrected chi connectivity index (χ3v) is 6.67. The molecule has 0 radical (unpaired) electrons. The second kappa shape index (κ2) is 13.1. The Morgan fingerprint density at radius 2 is 1.65 bits per heavy atom. The Morgan fingerprint density at radius 1 is 1.00 bits per heavy atom. The van der Waals surface area contributed by atoms with Gasteiger partial charge in [0.2, 0.25) is 0 Å². The molecule has 2 aromatic carbocycles. The topological polar surface area (TPSA) is 100 Å². The fraction of sp³-hybridized carbons (Fsp3) is 0.409. The summed E-state index contributed by atoms with van der Waals surface area (Å²) in [6.45, 7) is 11.0. The van der Waals surface area contributed by atoms with Gasteiger partial charge >= 0.3 is 11.3 Å². The predicted molar refractivity (Wildman–Crippen MR) is 124 cm³/mol. The zero-order chi connectivity index (χ0) is 23.4. The number of aryl methyl sites for hydroxylation is 3. The monoisotopic (exact) mass is 465 g/mol. The molecule has 0 heterocycles. The third kappa shape index (κ3) is 8.71. The van der Waals surface area contributed by atoms with Crippen LogP contribution in [-0.2, 0) is 14.5 Å². The molecule has 2 rings (SSSR count). The summed E-state index contributed by atoms with van der Waals surface area (Å²) in [5, 5.41) is 12.0. The molecule has 0 aliphatic carbocycles. The molecule has 0 atom stereocenters. The molecule has 0 aromatic heterocycles. The minimum atomic E-state index is -3.05. The van der Waals surface area contributed by atoms with E-state index in [4.69, 9.17) is 21.0 Å². The van der Waals surface area contributed by atoms with E-state index in [2.05, 4.69) is 22.2 Å². The van der Waals surface area contributed by atoms with Gasteiger partial charge in [0, 0.05) is 24.2 Å². The molecule has 2 aromatic rings. The maximum absolute atomic E-state index is 11.7. The Morgan fingerprint density at radius 3 is 2.26 bits per heavy atom. The Labute approximate surface area is 189 Å². The van der Waals surface area contributed by atoms with Crippen molar-refractivity contribution in [1.82, 2.24) is 0 Å². The van der Waals surface area contributed by atoms with E-state index in [1.807, 2.05) is 51.1 Å².